The van der Waals surface area contributed by atoms with Gasteiger partial charge in [0.15, 0.2) is 8.32 Å². The molecule has 0 aromatic heterocycles. The monoisotopic (exact) mass is 326 g/mol. The third kappa shape index (κ3) is 9.35. The third-order valence-electron chi connectivity index (χ3n) is 5.35. The van der Waals surface area contributed by atoms with Crippen LogP contribution in [0.5, 0.6) is 0 Å². The Labute approximate surface area is 141 Å². The van der Waals surface area contributed by atoms with Gasteiger partial charge in [-0.05, 0) is 31.5 Å². The quantitative estimate of drug-likeness (QED) is 0.224. The predicted molar refractivity (Wildman–Crippen MR) is 102 cm³/mol. The molecule has 1 saturated heterocycles. The van der Waals surface area contributed by atoms with Gasteiger partial charge in [0.1, 0.15) is 0 Å². The fraction of sp³-hybridized carbons (Fsp3) is 1.00. The molecule has 0 radical (unpaired) electrons. The van der Waals surface area contributed by atoms with Crippen molar-refractivity contribution < 1.29 is 4.43 Å². The van der Waals surface area contributed by atoms with Gasteiger partial charge >= 0.3 is 0 Å². The van der Waals surface area contributed by atoms with E-state index >= 15 is 0 Å². The maximum absolute atomic E-state index is 6.54. The second-order valence-electron chi connectivity index (χ2n) is 7.80. The van der Waals surface area contributed by atoms with Crippen molar-refractivity contribution >= 4 is 8.32 Å². The van der Waals surface area contributed by atoms with Crippen molar-refractivity contribution in [3.05, 3.63) is 0 Å². The molecule has 1 rings (SSSR count). The second-order valence-corrected chi connectivity index (χ2v) is 11.9. The van der Waals surface area contributed by atoms with Gasteiger partial charge in [0.2, 0.25) is 0 Å². The molecule has 0 aliphatic carbocycles. The van der Waals surface area contributed by atoms with Gasteiger partial charge in [-0.1, -0.05) is 90.9 Å². The van der Waals surface area contributed by atoms with E-state index in [9.17, 15) is 0 Å². The lowest BCUT2D eigenvalue weighted by atomic mass is 10.0. The average molecular weight is 327 g/mol. The SMILES string of the molecule is CCCCCCCCCCCCC(CCC)O[Si]1(C)CCC1. The molecule has 0 saturated carbocycles. The van der Waals surface area contributed by atoms with E-state index in [1.807, 2.05) is 0 Å². The summed E-state index contributed by atoms with van der Waals surface area (Å²) in [5.41, 5.74) is 0. The average Bonchev–Trinajstić information content (AvgIpc) is 2.47. The first-order valence-corrected chi connectivity index (χ1v) is 13.2. The van der Waals surface area contributed by atoms with Crippen molar-refractivity contribution in [2.75, 3.05) is 0 Å². The van der Waals surface area contributed by atoms with E-state index < -0.39 is 8.32 Å². The zero-order valence-corrected chi connectivity index (χ0v) is 16.8. The van der Waals surface area contributed by atoms with Gasteiger partial charge in [-0.3, -0.25) is 0 Å². The van der Waals surface area contributed by atoms with Gasteiger partial charge in [0.25, 0.3) is 0 Å². The Hall–Kier alpha value is 0.177. The van der Waals surface area contributed by atoms with Crippen LogP contribution >= 0.6 is 0 Å². The minimum atomic E-state index is -1.19. The van der Waals surface area contributed by atoms with E-state index in [2.05, 4.69) is 20.4 Å². The van der Waals surface area contributed by atoms with Crippen LogP contribution in [0.25, 0.3) is 0 Å². The summed E-state index contributed by atoms with van der Waals surface area (Å²) in [5, 5.41) is 0. The van der Waals surface area contributed by atoms with Crippen molar-refractivity contribution in [1.29, 1.82) is 0 Å². The van der Waals surface area contributed by atoms with Crippen LogP contribution in [0.4, 0.5) is 0 Å². The lowest BCUT2D eigenvalue weighted by Crippen LogP contribution is -2.44. The van der Waals surface area contributed by atoms with Crippen molar-refractivity contribution in [1.82, 2.24) is 0 Å². The standard InChI is InChI=1S/C20H42OSi/c1-4-6-7-8-9-10-11-12-13-14-17-20(16-5-2)21-22(3)18-15-19-22/h20H,4-19H2,1-3H3. The van der Waals surface area contributed by atoms with Gasteiger partial charge in [-0.15, -0.1) is 0 Å². The van der Waals surface area contributed by atoms with E-state index in [1.54, 1.807) is 0 Å². The molecule has 1 nitrogen and oxygen atoms in total. The Morgan fingerprint density at radius 3 is 1.73 bits per heavy atom. The topological polar surface area (TPSA) is 9.23 Å². The molecule has 1 fully saturated rings. The second kappa shape index (κ2) is 12.6. The summed E-state index contributed by atoms with van der Waals surface area (Å²) < 4.78 is 6.54. The van der Waals surface area contributed by atoms with Crippen LogP contribution in [0.2, 0.25) is 18.6 Å². The maximum Gasteiger partial charge on any atom is 0.190 e. The number of hydrogen-bond donors (Lipinski definition) is 0. The summed E-state index contributed by atoms with van der Waals surface area (Å²) in [4.78, 5) is 0. The highest BCUT2D eigenvalue weighted by molar-refractivity contribution is 6.75. The fourth-order valence-electron chi connectivity index (χ4n) is 3.64. The molecular formula is C20H42OSi. The molecule has 1 unspecified atom stereocenters. The zero-order valence-electron chi connectivity index (χ0n) is 15.8. The summed E-state index contributed by atoms with van der Waals surface area (Å²) in [6.45, 7) is 7.06. The van der Waals surface area contributed by atoms with E-state index in [4.69, 9.17) is 4.43 Å². The van der Waals surface area contributed by atoms with Crippen molar-refractivity contribution in [2.24, 2.45) is 0 Å². The number of rotatable bonds is 15. The molecular weight excluding hydrogens is 284 g/mol. The highest BCUT2D eigenvalue weighted by Gasteiger charge is 2.38. The Balaban J connectivity index is 1.94. The molecule has 2 heteroatoms. The first kappa shape index (κ1) is 20.2. The normalized spacial score (nSPS) is 18.1. The Kier molecular flexibility index (Phi) is 11.6. The van der Waals surface area contributed by atoms with E-state index in [0.29, 0.717) is 6.10 Å². The van der Waals surface area contributed by atoms with Crippen molar-refractivity contribution in [2.45, 2.75) is 128 Å². The van der Waals surface area contributed by atoms with Crippen LogP contribution in [-0.2, 0) is 4.43 Å². The molecule has 0 aromatic rings. The Morgan fingerprint density at radius 1 is 0.727 bits per heavy atom. The lowest BCUT2D eigenvalue weighted by Gasteiger charge is -2.39. The largest absolute Gasteiger partial charge is 0.414 e. The summed E-state index contributed by atoms with van der Waals surface area (Å²) in [6.07, 6.45) is 20.3. The smallest absolute Gasteiger partial charge is 0.190 e. The Morgan fingerprint density at radius 2 is 1.27 bits per heavy atom. The van der Waals surface area contributed by atoms with Crippen molar-refractivity contribution in [3.63, 3.8) is 0 Å². The van der Waals surface area contributed by atoms with Gasteiger partial charge in [0, 0.05) is 6.10 Å². The molecule has 0 bridgehead atoms. The minimum Gasteiger partial charge on any atom is -0.414 e. The third-order valence-corrected chi connectivity index (χ3v) is 9.08. The zero-order chi connectivity index (χ0) is 16.1. The molecule has 1 aliphatic heterocycles. The number of unbranched alkanes of at least 4 members (excludes halogenated alkanes) is 9. The molecule has 132 valence electrons. The van der Waals surface area contributed by atoms with Crippen molar-refractivity contribution in [3.8, 4) is 0 Å². The van der Waals surface area contributed by atoms with E-state index in [1.165, 1.54) is 102 Å². The molecule has 0 N–H and O–H groups in total. The van der Waals surface area contributed by atoms with Gasteiger partial charge < -0.3 is 4.43 Å². The lowest BCUT2D eigenvalue weighted by molar-refractivity contribution is 0.157. The Bertz CT molecular complexity index is 250. The van der Waals surface area contributed by atoms with Crippen LogP contribution < -0.4 is 0 Å². The summed E-state index contributed by atoms with van der Waals surface area (Å²) >= 11 is 0. The van der Waals surface area contributed by atoms with Crippen LogP contribution in [-0.4, -0.2) is 14.4 Å². The van der Waals surface area contributed by atoms with Crippen LogP contribution in [0.15, 0.2) is 0 Å². The fourth-order valence-corrected chi connectivity index (χ4v) is 6.26. The summed E-state index contributed by atoms with van der Waals surface area (Å²) in [6, 6.07) is 2.84. The maximum atomic E-state index is 6.54. The summed E-state index contributed by atoms with van der Waals surface area (Å²) in [5.74, 6) is 0. The molecule has 22 heavy (non-hydrogen) atoms. The summed E-state index contributed by atoms with van der Waals surface area (Å²) in [7, 11) is -1.19. The van der Waals surface area contributed by atoms with Crippen LogP contribution in [0, 0.1) is 0 Å². The molecule has 0 spiro atoms. The molecule has 1 aliphatic rings. The van der Waals surface area contributed by atoms with E-state index in [0.717, 1.165) is 0 Å². The highest BCUT2D eigenvalue weighted by Crippen LogP contribution is 2.35. The predicted octanol–water partition coefficient (Wildman–Crippen LogP) is 7.46. The minimum absolute atomic E-state index is 0.594. The highest BCUT2D eigenvalue weighted by atomic mass is 28.4. The molecule has 1 atom stereocenters. The van der Waals surface area contributed by atoms with Crippen LogP contribution in [0.3, 0.4) is 0 Å². The van der Waals surface area contributed by atoms with E-state index in [-0.39, 0.29) is 0 Å². The number of hydrogen-bond acceptors (Lipinski definition) is 1. The van der Waals surface area contributed by atoms with Gasteiger partial charge in [-0.2, -0.15) is 0 Å². The van der Waals surface area contributed by atoms with Crippen LogP contribution in [0.1, 0.15) is 104 Å². The first-order valence-electron chi connectivity index (χ1n) is 10.4. The first-order chi connectivity index (χ1) is 10.7. The molecule has 1 heterocycles. The molecule has 0 amide bonds. The van der Waals surface area contributed by atoms with Gasteiger partial charge in [0.05, 0.1) is 0 Å². The molecule has 0 aromatic carbocycles. The van der Waals surface area contributed by atoms with Gasteiger partial charge in [-0.25, -0.2) is 0 Å².